The minimum atomic E-state index is -0.0776. The highest BCUT2D eigenvalue weighted by Crippen LogP contribution is 2.40. The number of nitrogens with one attached hydrogen (secondary N) is 1. The summed E-state index contributed by atoms with van der Waals surface area (Å²) in [6.07, 6.45) is 3.88. The molecule has 1 aliphatic rings. The second-order valence-corrected chi connectivity index (χ2v) is 6.65. The number of hydrogen-bond donors (Lipinski definition) is 1. The molecule has 0 spiro atoms. The molecule has 0 radical (unpaired) electrons. The summed E-state index contributed by atoms with van der Waals surface area (Å²) in [7, 11) is 0. The van der Waals surface area contributed by atoms with E-state index in [0.29, 0.717) is 6.04 Å². The van der Waals surface area contributed by atoms with Gasteiger partial charge in [0.25, 0.3) is 0 Å². The van der Waals surface area contributed by atoms with Crippen molar-refractivity contribution in [3.63, 3.8) is 0 Å². The zero-order valence-corrected chi connectivity index (χ0v) is 11.9. The van der Waals surface area contributed by atoms with Crippen LogP contribution in [0.2, 0.25) is 0 Å². The first-order chi connectivity index (χ1) is 7.94. The molecule has 1 unspecified atom stereocenters. The van der Waals surface area contributed by atoms with Crippen LogP contribution in [0.25, 0.3) is 0 Å². The predicted molar refractivity (Wildman–Crippen MR) is 71.3 cm³/mol. The van der Waals surface area contributed by atoms with Crippen LogP contribution in [-0.4, -0.2) is 23.2 Å². The van der Waals surface area contributed by atoms with E-state index < -0.39 is 0 Å². The molecule has 0 aromatic carbocycles. The summed E-state index contributed by atoms with van der Waals surface area (Å²) in [5, 5.41) is 6.98. The molecule has 0 bridgehead atoms. The molecule has 1 aromatic rings. The summed E-state index contributed by atoms with van der Waals surface area (Å²) in [4.78, 5) is 4.53. The lowest BCUT2D eigenvalue weighted by atomic mass is 9.81. The number of hydrogen-bond acceptors (Lipinski definition) is 4. The van der Waals surface area contributed by atoms with E-state index >= 15 is 0 Å². The molecule has 96 valence electrons. The SMILES string of the molecule is CC(C)NC1(c2nccs2)CCOC(C)(C)C1. The van der Waals surface area contributed by atoms with Crippen LogP contribution < -0.4 is 5.32 Å². The highest BCUT2D eigenvalue weighted by Gasteiger charge is 2.44. The molecule has 0 aliphatic carbocycles. The Morgan fingerprint density at radius 2 is 2.24 bits per heavy atom. The molecule has 1 aliphatic heterocycles. The van der Waals surface area contributed by atoms with E-state index in [4.69, 9.17) is 4.74 Å². The summed E-state index contributed by atoms with van der Waals surface area (Å²) >= 11 is 1.74. The number of aromatic nitrogens is 1. The van der Waals surface area contributed by atoms with E-state index in [1.165, 1.54) is 5.01 Å². The maximum Gasteiger partial charge on any atom is 0.113 e. The number of ether oxygens (including phenoxy) is 1. The van der Waals surface area contributed by atoms with Gasteiger partial charge in [-0.3, -0.25) is 0 Å². The third kappa shape index (κ3) is 2.87. The average molecular weight is 254 g/mol. The summed E-state index contributed by atoms with van der Waals surface area (Å²) in [6.45, 7) is 9.51. The quantitative estimate of drug-likeness (QED) is 0.900. The van der Waals surface area contributed by atoms with Gasteiger partial charge in [-0.25, -0.2) is 4.98 Å². The van der Waals surface area contributed by atoms with Crippen molar-refractivity contribution in [2.45, 2.75) is 57.7 Å². The van der Waals surface area contributed by atoms with Gasteiger partial charge in [0, 0.05) is 30.6 Å². The Balaban J connectivity index is 2.30. The molecule has 1 saturated heterocycles. The minimum Gasteiger partial charge on any atom is -0.375 e. The second kappa shape index (κ2) is 4.67. The third-order valence-electron chi connectivity index (χ3n) is 3.16. The van der Waals surface area contributed by atoms with Crippen LogP contribution >= 0.6 is 11.3 Å². The Morgan fingerprint density at radius 1 is 1.47 bits per heavy atom. The molecule has 17 heavy (non-hydrogen) atoms. The number of rotatable bonds is 3. The summed E-state index contributed by atoms with van der Waals surface area (Å²) in [6, 6.07) is 0.452. The Morgan fingerprint density at radius 3 is 2.76 bits per heavy atom. The zero-order chi connectivity index (χ0) is 12.5. The van der Waals surface area contributed by atoms with E-state index in [2.05, 4.69) is 43.4 Å². The van der Waals surface area contributed by atoms with Crippen LogP contribution in [0.15, 0.2) is 11.6 Å². The van der Waals surface area contributed by atoms with Crippen LogP contribution in [0.1, 0.15) is 45.5 Å². The van der Waals surface area contributed by atoms with Gasteiger partial charge in [-0.2, -0.15) is 0 Å². The van der Waals surface area contributed by atoms with Gasteiger partial charge in [-0.1, -0.05) is 0 Å². The van der Waals surface area contributed by atoms with Crippen LogP contribution in [0.4, 0.5) is 0 Å². The maximum atomic E-state index is 5.84. The molecule has 2 heterocycles. The van der Waals surface area contributed by atoms with Crippen LogP contribution in [0.5, 0.6) is 0 Å². The van der Waals surface area contributed by atoms with Gasteiger partial charge in [0.15, 0.2) is 0 Å². The molecule has 1 fully saturated rings. The molecular formula is C13H22N2OS. The van der Waals surface area contributed by atoms with Gasteiger partial charge in [-0.05, 0) is 34.1 Å². The number of nitrogens with zero attached hydrogens (tertiary/aromatic N) is 1. The number of thiazole rings is 1. The molecule has 0 amide bonds. The Labute approximate surface area is 108 Å². The van der Waals surface area contributed by atoms with Crippen molar-refractivity contribution in [2.24, 2.45) is 0 Å². The lowest BCUT2D eigenvalue weighted by Gasteiger charge is -2.45. The van der Waals surface area contributed by atoms with Gasteiger partial charge in [0.2, 0.25) is 0 Å². The van der Waals surface area contributed by atoms with Gasteiger partial charge >= 0.3 is 0 Å². The third-order valence-corrected chi connectivity index (χ3v) is 4.13. The first-order valence-electron chi connectivity index (χ1n) is 6.25. The Bertz CT molecular complexity index is 362. The van der Waals surface area contributed by atoms with E-state index in [9.17, 15) is 0 Å². The zero-order valence-electron chi connectivity index (χ0n) is 11.1. The topological polar surface area (TPSA) is 34.2 Å². The molecular weight excluding hydrogens is 232 g/mol. The molecule has 1 N–H and O–H groups in total. The molecule has 1 atom stereocenters. The maximum absolute atomic E-state index is 5.84. The summed E-state index contributed by atoms with van der Waals surface area (Å²) in [5.74, 6) is 0. The van der Waals surface area contributed by atoms with Crippen molar-refractivity contribution in [3.05, 3.63) is 16.6 Å². The molecule has 2 rings (SSSR count). The largest absolute Gasteiger partial charge is 0.375 e. The van der Waals surface area contributed by atoms with Crippen molar-refractivity contribution >= 4 is 11.3 Å². The van der Waals surface area contributed by atoms with Crippen molar-refractivity contribution in [2.75, 3.05) is 6.61 Å². The fourth-order valence-corrected chi connectivity index (χ4v) is 3.58. The van der Waals surface area contributed by atoms with Gasteiger partial charge in [0.1, 0.15) is 5.01 Å². The van der Waals surface area contributed by atoms with Crippen molar-refractivity contribution in [1.82, 2.24) is 10.3 Å². The van der Waals surface area contributed by atoms with E-state index in [0.717, 1.165) is 19.4 Å². The Hall–Kier alpha value is -0.450. The highest BCUT2D eigenvalue weighted by atomic mass is 32.1. The van der Waals surface area contributed by atoms with Crippen LogP contribution in [0, 0.1) is 0 Å². The standard InChI is InChI=1S/C13H22N2OS/c1-10(2)15-13(11-14-6-8-17-11)5-7-16-12(3,4)9-13/h6,8,10,15H,5,7,9H2,1-4H3. The minimum absolute atomic E-state index is 0.00984. The first-order valence-corrected chi connectivity index (χ1v) is 7.13. The lowest BCUT2D eigenvalue weighted by molar-refractivity contribution is -0.0913. The van der Waals surface area contributed by atoms with E-state index in [-0.39, 0.29) is 11.1 Å². The van der Waals surface area contributed by atoms with Gasteiger partial charge < -0.3 is 10.1 Å². The van der Waals surface area contributed by atoms with Gasteiger partial charge in [-0.15, -0.1) is 11.3 Å². The fourth-order valence-electron chi connectivity index (χ4n) is 2.75. The van der Waals surface area contributed by atoms with Gasteiger partial charge in [0.05, 0.1) is 11.1 Å². The highest BCUT2D eigenvalue weighted by molar-refractivity contribution is 7.09. The lowest BCUT2D eigenvalue weighted by Crippen LogP contribution is -2.54. The van der Waals surface area contributed by atoms with E-state index in [1.54, 1.807) is 11.3 Å². The van der Waals surface area contributed by atoms with Crippen LogP contribution in [0.3, 0.4) is 0 Å². The summed E-state index contributed by atoms with van der Waals surface area (Å²) < 4.78 is 5.84. The molecule has 0 saturated carbocycles. The summed E-state index contributed by atoms with van der Waals surface area (Å²) in [5.41, 5.74) is -0.0874. The van der Waals surface area contributed by atoms with Crippen LogP contribution in [-0.2, 0) is 10.3 Å². The normalized spacial score (nSPS) is 28.5. The smallest absolute Gasteiger partial charge is 0.113 e. The Kier molecular flexibility index (Phi) is 3.57. The van der Waals surface area contributed by atoms with Crippen molar-refractivity contribution < 1.29 is 4.74 Å². The van der Waals surface area contributed by atoms with E-state index in [1.807, 2.05) is 6.20 Å². The molecule has 4 heteroatoms. The predicted octanol–water partition coefficient (Wildman–Crippen LogP) is 2.93. The first kappa shape index (κ1) is 13.0. The van der Waals surface area contributed by atoms with Crippen molar-refractivity contribution in [3.8, 4) is 0 Å². The molecule has 3 nitrogen and oxygen atoms in total. The van der Waals surface area contributed by atoms with Crippen molar-refractivity contribution in [1.29, 1.82) is 0 Å². The molecule has 1 aromatic heterocycles. The monoisotopic (exact) mass is 254 g/mol. The average Bonchev–Trinajstić information content (AvgIpc) is 2.67. The fraction of sp³-hybridized carbons (Fsp3) is 0.769. The second-order valence-electron chi connectivity index (χ2n) is 5.75.